The minimum atomic E-state index is -0.313. The van der Waals surface area contributed by atoms with E-state index in [0.717, 1.165) is 12.0 Å². The van der Waals surface area contributed by atoms with Gasteiger partial charge in [-0.3, -0.25) is 9.69 Å². The number of amides is 1. The lowest BCUT2D eigenvalue weighted by molar-refractivity contribution is 0.0943. The highest BCUT2D eigenvalue weighted by molar-refractivity contribution is 6.35. The number of carbonyl (C=O) groups is 1. The van der Waals surface area contributed by atoms with Crippen molar-refractivity contribution in [3.05, 3.63) is 75.8 Å². The second kappa shape index (κ2) is 9.96. The molecule has 1 N–H and O–H groups in total. The fourth-order valence-electron chi connectivity index (χ4n) is 2.83. The van der Waals surface area contributed by atoms with Gasteiger partial charge in [0.1, 0.15) is 12.0 Å². The van der Waals surface area contributed by atoms with Crippen molar-refractivity contribution in [2.45, 2.75) is 45.9 Å². The molecule has 0 fully saturated rings. The quantitative estimate of drug-likeness (QED) is 0.493. The number of halogens is 2. The summed E-state index contributed by atoms with van der Waals surface area (Å²) in [6, 6.07) is 9.31. The van der Waals surface area contributed by atoms with Gasteiger partial charge in [0.15, 0.2) is 5.69 Å². The molecule has 0 spiro atoms. The van der Waals surface area contributed by atoms with E-state index in [1.165, 1.54) is 6.26 Å². The first-order chi connectivity index (χ1) is 14.0. The maximum absolute atomic E-state index is 12.3. The molecule has 6 nitrogen and oxygen atoms in total. The topological polar surface area (TPSA) is 71.5 Å². The zero-order valence-corrected chi connectivity index (χ0v) is 17.8. The molecular weight excluding hydrogens is 413 g/mol. The Morgan fingerprint density at radius 1 is 1.24 bits per heavy atom. The van der Waals surface area contributed by atoms with Crippen LogP contribution in [0, 0.1) is 0 Å². The molecule has 1 aromatic carbocycles. The van der Waals surface area contributed by atoms with E-state index in [1.807, 2.05) is 12.1 Å². The highest BCUT2D eigenvalue weighted by Gasteiger charge is 2.19. The molecule has 2 heterocycles. The zero-order chi connectivity index (χ0) is 20.8. The number of nitrogens with zero attached hydrogens (tertiary/aromatic N) is 2. The lowest BCUT2D eigenvalue weighted by Crippen LogP contribution is -2.32. The Kier molecular flexibility index (Phi) is 7.36. The van der Waals surface area contributed by atoms with E-state index in [1.54, 1.807) is 24.5 Å². The van der Waals surface area contributed by atoms with Gasteiger partial charge < -0.3 is 14.2 Å². The first kappa shape index (κ1) is 21.4. The van der Waals surface area contributed by atoms with Gasteiger partial charge in [0.2, 0.25) is 5.89 Å². The number of rotatable bonds is 9. The highest BCUT2D eigenvalue weighted by Crippen LogP contribution is 2.24. The molecule has 3 aromatic rings. The second-order valence-electron chi connectivity index (χ2n) is 6.79. The first-order valence-electron chi connectivity index (χ1n) is 9.39. The Hall–Kier alpha value is -2.28. The van der Waals surface area contributed by atoms with Crippen LogP contribution in [0.3, 0.4) is 0 Å². The molecule has 154 valence electrons. The van der Waals surface area contributed by atoms with Gasteiger partial charge in [-0.05, 0) is 43.2 Å². The summed E-state index contributed by atoms with van der Waals surface area (Å²) >= 11 is 12.3. The van der Waals surface area contributed by atoms with Crippen molar-refractivity contribution in [1.82, 2.24) is 15.2 Å². The molecule has 0 radical (unpaired) electrons. The molecule has 3 rings (SSSR count). The third kappa shape index (κ3) is 5.85. The van der Waals surface area contributed by atoms with Crippen molar-refractivity contribution in [3.63, 3.8) is 0 Å². The molecule has 0 aliphatic heterocycles. The second-order valence-corrected chi connectivity index (χ2v) is 7.63. The van der Waals surface area contributed by atoms with Crippen LogP contribution < -0.4 is 5.32 Å². The molecule has 1 atom stereocenters. The molecule has 29 heavy (non-hydrogen) atoms. The van der Waals surface area contributed by atoms with E-state index in [4.69, 9.17) is 32.0 Å². The minimum absolute atomic E-state index is 0.236. The Morgan fingerprint density at radius 2 is 2.07 bits per heavy atom. The Labute approximate surface area is 179 Å². The highest BCUT2D eigenvalue weighted by atomic mass is 35.5. The standard InChI is InChI=1S/C21H23Cl2N3O3/c1-3-14(2)26(11-15-6-7-16(22)9-18(15)23)12-20-25-19(13-29-20)21(27)24-10-17-5-4-8-28-17/h4-9,13-14H,3,10-12H2,1-2H3,(H,24,27). The van der Waals surface area contributed by atoms with E-state index in [9.17, 15) is 4.79 Å². The fraction of sp³-hybridized carbons (Fsp3) is 0.333. The van der Waals surface area contributed by atoms with Crippen molar-refractivity contribution in [1.29, 1.82) is 0 Å². The summed E-state index contributed by atoms with van der Waals surface area (Å²) in [5.74, 6) is 0.829. The maximum atomic E-state index is 12.3. The van der Waals surface area contributed by atoms with Crippen LogP contribution in [-0.2, 0) is 19.6 Å². The smallest absolute Gasteiger partial charge is 0.273 e. The maximum Gasteiger partial charge on any atom is 0.273 e. The average Bonchev–Trinajstić information content (AvgIpc) is 3.39. The molecule has 0 bridgehead atoms. The van der Waals surface area contributed by atoms with E-state index < -0.39 is 0 Å². The van der Waals surface area contributed by atoms with Crippen molar-refractivity contribution < 1.29 is 13.6 Å². The lowest BCUT2D eigenvalue weighted by Gasteiger charge is -2.27. The van der Waals surface area contributed by atoms with Crippen molar-refractivity contribution in [2.75, 3.05) is 0 Å². The summed E-state index contributed by atoms with van der Waals surface area (Å²) in [4.78, 5) is 18.8. The predicted octanol–water partition coefficient (Wildman–Crippen LogP) is 5.31. The van der Waals surface area contributed by atoms with E-state index in [0.29, 0.717) is 41.3 Å². The van der Waals surface area contributed by atoms with Crippen LogP contribution in [0.5, 0.6) is 0 Å². The van der Waals surface area contributed by atoms with Gasteiger partial charge in [-0.25, -0.2) is 4.98 Å². The summed E-state index contributed by atoms with van der Waals surface area (Å²) < 4.78 is 10.7. The van der Waals surface area contributed by atoms with E-state index >= 15 is 0 Å². The number of nitrogens with one attached hydrogen (secondary N) is 1. The number of benzene rings is 1. The monoisotopic (exact) mass is 435 g/mol. The van der Waals surface area contributed by atoms with Crippen LogP contribution in [0.4, 0.5) is 0 Å². The fourth-order valence-corrected chi connectivity index (χ4v) is 3.30. The number of oxazole rings is 1. The third-order valence-electron chi connectivity index (χ3n) is 4.73. The first-order valence-corrected chi connectivity index (χ1v) is 10.1. The summed E-state index contributed by atoms with van der Waals surface area (Å²) in [7, 11) is 0. The van der Waals surface area contributed by atoms with Crippen LogP contribution in [0.2, 0.25) is 10.0 Å². The van der Waals surface area contributed by atoms with Gasteiger partial charge in [-0.1, -0.05) is 36.2 Å². The largest absolute Gasteiger partial charge is 0.467 e. The molecular formula is C21H23Cl2N3O3. The van der Waals surface area contributed by atoms with Crippen LogP contribution >= 0.6 is 23.2 Å². The number of furan rings is 1. The molecule has 8 heteroatoms. The number of hydrogen-bond acceptors (Lipinski definition) is 5. The molecule has 0 aliphatic carbocycles. The number of aromatic nitrogens is 1. The summed E-state index contributed by atoms with van der Waals surface area (Å²) in [5, 5.41) is 3.98. The van der Waals surface area contributed by atoms with Gasteiger partial charge in [0.05, 0.1) is 19.4 Å². The molecule has 2 aromatic heterocycles. The number of hydrogen-bond donors (Lipinski definition) is 1. The lowest BCUT2D eigenvalue weighted by atomic mass is 10.1. The van der Waals surface area contributed by atoms with Gasteiger partial charge in [-0.2, -0.15) is 0 Å². The van der Waals surface area contributed by atoms with Crippen LogP contribution in [0.1, 0.15) is 48.0 Å². The van der Waals surface area contributed by atoms with Gasteiger partial charge in [0, 0.05) is 22.6 Å². The summed E-state index contributed by atoms with van der Waals surface area (Å²) in [6.07, 6.45) is 3.88. The van der Waals surface area contributed by atoms with Crippen LogP contribution in [0.25, 0.3) is 0 Å². The summed E-state index contributed by atoms with van der Waals surface area (Å²) in [5.41, 5.74) is 1.21. The Morgan fingerprint density at radius 3 is 2.76 bits per heavy atom. The van der Waals surface area contributed by atoms with Crippen molar-refractivity contribution >= 4 is 29.1 Å². The normalized spacial score (nSPS) is 12.3. The Bertz CT molecular complexity index is 941. The minimum Gasteiger partial charge on any atom is -0.467 e. The van der Waals surface area contributed by atoms with E-state index in [2.05, 4.69) is 29.0 Å². The van der Waals surface area contributed by atoms with Gasteiger partial charge >= 0.3 is 0 Å². The van der Waals surface area contributed by atoms with Crippen LogP contribution in [-0.4, -0.2) is 21.8 Å². The molecule has 0 aliphatic rings. The molecule has 0 saturated carbocycles. The SMILES string of the molecule is CCC(C)N(Cc1nc(C(=O)NCc2ccco2)co1)Cc1ccc(Cl)cc1Cl. The zero-order valence-electron chi connectivity index (χ0n) is 16.3. The molecule has 1 unspecified atom stereocenters. The predicted molar refractivity (Wildman–Crippen MR) is 112 cm³/mol. The van der Waals surface area contributed by atoms with Gasteiger partial charge in [0.25, 0.3) is 5.91 Å². The van der Waals surface area contributed by atoms with Gasteiger partial charge in [-0.15, -0.1) is 0 Å². The van der Waals surface area contributed by atoms with Crippen molar-refractivity contribution in [2.24, 2.45) is 0 Å². The van der Waals surface area contributed by atoms with E-state index in [-0.39, 0.29) is 17.6 Å². The van der Waals surface area contributed by atoms with Crippen LogP contribution in [0.15, 0.2) is 51.7 Å². The Balaban J connectivity index is 1.65. The number of carbonyl (C=O) groups excluding carboxylic acids is 1. The molecule has 0 saturated heterocycles. The average molecular weight is 436 g/mol. The molecule has 1 amide bonds. The van der Waals surface area contributed by atoms with Crippen molar-refractivity contribution in [3.8, 4) is 0 Å². The summed E-state index contributed by atoms with van der Waals surface area (Å²) in [6.45, 7) is 5.61. The third-order valence-corrected chi connectivity index (χ3v) is 5.32.